The number of nitrogens with zero attached hydrogens (tertiary/aromatic N) is 1. The Kier molecular flexibility index (Phi) is 4.12. The molecule has 0 bridgehead atoms. The highest BCUT2D eigenvalue weighted by Gasteiger charge is 2.51. The number of hydrogen-bond donors (Lipinski definition) is 0. The average molecular weight is 319 g/mol. The summed E-state index contributed by atoms with van der Waals surface area (Å²) in [6.45, 7) is 1.61. The van der Waals surface area contributed by atoms with Crippen molar-refractivity contribution in [2.75, 3.05) is 13.7 Å². The number of amides is 1. The minimum absolute atomic E-state index is 0.0360. The van der Waals surface area contributed by atoms with Crippen LogP contribution in [0.25, 0.3) is 0 Å². The quantitative estimate of drug-likeness (QED) is 0.372. The van der Waals surface area contributed by atoms with E-state index in [1.807, 2.05) is 0 Å². The van der Waals surface area contributed by atoms with Crippen LogP contribution in [0.3, 0.4) is 0 Å². The van der Waals surface area contributed by atoms with Gasteiger partial charge in [-0.3, -0.25) is 9.59 Å². The number of ether oxygens (including phenoxy) is 1. The van der Waals surface area contributed by atoms with Crippen molar-refractivity contribution in [2.45, 2.75) is 19.1 Å². The Labute approximate surface area is 123 Å². The normalized spacial score (nSPS) is 21.5. The predicted molar refractivity (Wildman–Crippen MR) is 67.0 cm³/mol. The maximum Gasteiger partial charge on any atom is 0.419 e. The predicted octanol–water partition coefficient (Wildman–Crippen LogP) is 2.54. The first-order chi connectivity index (χ1) is 10.2. The van der Waals surface area contributed by atoms with Crippen molar-refractivity contribution in [2.24, 2.45) is 5.92 Å². The highest BCUT2D eigenvalue weighted by molar-refractivity contribution is 6.03. The summed E-state index contributed by atoms with van der Waals surface area (Å²) in [6, 6.07) is 1.53. The molecule has 2 unspecified atom stereocenters. The van der Waals surface area contributed by atoms with Crippen molar-refractivity contribution in [3.8, 4) is 0 Å². The number of halogens is 4. The molecule has 0 aliphatic carbocycles. The van der Waals surface area contributed by atoms with Crippen LogP contribution in [0, 0.1) is 11.7 Å². The molecule has 1 aromatic rings. The number of likely N-dealkylation sites (tertiary alicyclic amines) is 1. The third-order valence-corrected chi connectivity index (χ3v) is 3.52. The Morgan fingerprint density at radius 1 is 1.36 bits per heavy atom. The van der Waals surface area contributed by atoms with E-state index in [0.29, 0.717) is 12.1 Å². The molecule has 2 rings (SSSR count). The van der Waals surface area contributed by atoms with E-state index in [4.69, 9.17) is 4.74 Å². The van der Waals surface area contributed by atoms with Crippen molar-refractivity contribution in [1.29, 1.82) is 0 Å². The molecule has 120 valence electrons. The van der Waals surface area contributed by atoms with Crippen molar-refractivity contribution >= 4 is 11.9 Å². The Hall–Kier alpha value is -2.12. The fourth-order valence-corrected chi connectivity index (χ4v) is 2.45. The number of β-lactam (4-membered cyclic amide) rings is 1. The second-order valence-electron chi connectivity index (χ2n) is 4.86. The van der Waals surface area contributed by atoms with Gasteiger partial charge in [0, 0.05) is 7.05 Å². The van der Waals surface area contributed by atoms with Crippen LogP contribution in [-0.2, 0) is 20.5 Å². The Morgan fingerprint density at radius 2 is 2.00 bits per heavy atom. The molecule has 1 saturated heterocycles. The summed E-state index contributed by atoms with van der Waals surface area (Å²) in [4.78, 5) is 24.6. The molecule has 8 heteroatoms. The second-order valence-corrected chi connectivity index (χ2v) is 4.86. The zero-order valence-corrected chi connectivity index (χ0v) is 11.8. The first-order valence-electron chi connectivity index (χ1n) is 6.48. The van der Waals surface area contributed by atoms with Crippen molar-refractivity contribution in [3.05, 3.63) is 35.1 Å². The van der Waals surface area contributed by atoms with Gasteiger partial charge in [0.2, 0.25) is 5.91 Å². The van der Waals surface area contributed by atoms with E-state index in [0.717, 1.165) is 11.0 Å². The maximum absolute atomic E-state index is 13.3. The number of rotatable bonds is 3. The highest BCUT2D eigenvalue weighted by atomic mass is 19.4. The van der Waals surface area contributed by atoms with Gasteiger partial charge in [0.1, 0.15) is 5.82 Å². The first-order valence-corrected chi connectivity index (χ1v) is 6.48. The molecule has 1 aromatic carbocycles. The summed E-state index contributed by atoms with van der Waals surface area (Å²) in [5.74, 6) is -3.94. The van der Waals surface area contributed by atoms with Crippen LogP contribution >= 0.6 is 0 Å². The van der Waals surface area contributed by atoms with E-state index in [2.05, 4.69) is 0 Å². The lowest BCUT2D eigenvalue weighted by molar-refractivity contribution is -0.171. The van der Waals surface area contributed by atoms with Crippen LogP contribution in [0.2, 0.25) is 0 Å². The monoisotopic (exact) mass is 319 g/mol. The van der Waals surface area contributed by atoms with Gasteiger partial charge in [0.15, 0.2) is 5.92 Å². The van der Waals surface area contributed by atoms with E-state index in [9.17, 15) is 27.2 Å². The van der Waals surface area contributed by atoms with Gasteiger partial charge < -0.3 is 9.64 Å². The summed E-state index contributed by atoms with van der Waals surface area (Å²) in [5.41, 5.74) is -1.39. The summed E-state index contributed by atoms with van der Waals surface area (Å²) >= 11 is 0. The largest absolute Gasteiger partial charge is 0.465 e. The number of esters is 1. The van der Waals surface area contributed by atoms with E-state index in [1.54, 1.807) is 6.92 Å². The molecule has 1 aliphatic heterocycles. The van der Waals surface area contributed by atoms with Gasteiger partial charge in [-0.2, -0.15) is 13.2 Å². The van der Waals surface area contributed by atoms with E-state index in [-0.39, 0.29) is 12.2 Å². The zero-order valence-electron chi connectivity index (χ0n) is 11.8. The first kappa shape index (κ1) is 16.3. The summed E-state index contributed by atoms with van der Waals surface area (Å²) in [7, 11) is 1.36. The Morgan fingerprint density at radius 3 is 2.55 bits per heavy atom. The number of carbonyl (C=O) groups excluding carboxylic acids is 2. The minimum Gasteiger partial charge on any atom is -0.465 e. The minimum atomic E-state index is -4.86. The summed E-state index contributed by atoms with van der Waals surface area (Å²) in [6.07, 6.45) is -4.86. The molecule has 1 heterocycles. The average Bonchev–Trinajstić information content (AvgIpc) is 2.43. The smallest absolute Gasteiger partial charge is 0.419 e. The molecular formula is C14H13F4NO3. The SMILES string of the molecule is CCOC(=O)C1C(=O)N(C)C1c1ccc(F)c(C(F)(F)F)c1. The molecule has 1 amide bonds. The molecule has 1 fully saturated rings. The lowest BCUT2D eigenvalue weighted by Crippen LogP contribution is -2.56. The Balaban J connectivity index is 2.38. The molecule has 0 radical (unpaired) electrons. The molecule has 4 nitrogen and oxygen atoms in total. The molecule has 2 atom stereocenters. The third-order valence-electron chi connectivity index (χ3n) is 3.52. The highest BCUT2D eigenvalue weighted by Crippen LogP contribution is 2.41. The van der Waals surface area contributed by atoms with Crippen LogP contribution < -0.4 is 0 Å². The number of benzene rings is 1. The van der Waals surface area contributed by atoms with Crippen LogP contribution in [0.5, 0.6) is 0 Å². The van der Waals surface area contributed by atoms with Crippen molar-refractivity contribution < 1.29 is 31.9 Å². The van der Waals surface area contributed by atoms with Crippen molar-refractivity contribution in [3.63, 3.8) is 0 Å². The summed E-state index contributed by atoms with van der Waals surface area (Å²) < 4.78 is 56.3. The molecular weight excluding hydrogens is 306 g/mol. The molecule has 1 aliphatic rings. The van der Waals surface area contributed by atoms with Gasteiger partial charge in [-0.25, -0.2) is 4.39 Å². The van der Waals surface area contributed by atoms with Gasteiger partial charge in [0.25, 0.3) is 0 Å². The fourth-order valence-electron chi connectivity index (χ4n) is 2.45. The maximum atomic E-state index is 13.3. The van der Waals surface area contributed by atoms with Gasteiger partial charge in [-0.1, -0.05) is 6.07 Å². The fraction of sp³-hybridized carbons (Fsp3) is 0.429. The van der Waals surface area contributed by atoms with E-state index in [1.165, 1.54) is 7.05 Å². The van der Waals surface area contributed by atoms with Crippen LogP contribution in [0.1, 0.15) is 24.1 Å². The lowest BCUT2D eigenvalue weighted by Gasteiger charge is -2.43. The standard InChI is InChI=1S/C14H13F4NO3/c1-3-22-13(21)10-11(19(2)12(10)20)7-4-5-9(15)8(6-7)14(16,17)18/h4-6,10-11H,3H2,1-2H3. The van der Waals surface area contributed by atoms with Gasteiger partial charge in [-0.15, -0.1) is 0 Å². The second kappa shape index (κ2) is 5.58. The zero-order chi connectivity index (χ0) is 16.7. The third kappa shape index (κ3) is 2.65. The Bertz CT molecular complexity index is 615. The topological polar surface area (TPSA) is 46.6 Å². The van der Waals surface area contributed by atoms with Crippen LogP contribution in [0.4, 0.5) is 17.6 Å². The van der Waals surface area contributed by atoms with E-state index < -0.39 is 41.4 Å². The molecule has 0 spiro atoms. The van der Waals surface area contributed by atoms with Gasteiger partial charge >= 0.3 is 12.1 Å². The molecule has 0 N–H and O–H groups in total. The number of carbonyl (C=O) groups is 2. The molecule has 0 aromatic heterocycles. The number of hydrogen-bond acceptors (Lipinski definition) is 3. The van der Waals surface area contributed by atoms with E-state index >= 15 is 0 Å². The molecule has 0 saturated carbocycles. The van der Waals surface area contributed by atoms with Crippen LogP contribution in [0.15, 0.2) is 18.2 Å². The van der Waals surface area contributed by atoms with Gasteiger partial charge in [-0.05, 0) is 24.6 Å². The molecule has 22 heavy (non-hydrogen) atoms. The van der Waals surface area contributed by atoms with Gasteiger partial charge in [0.05, 0.1) is 18.2 Å². The van der Waals surface area contributed by atoms with Crippen molar-refractivity contribution in [1.82, 2.24) is 4.90 Å². The number of alkyl halides is 3. The summed E-state index contributed by atoms with van der Waals surface area (Å²) in [5, 5.41) is 0. The van der Waals surface area contributed by atoms with Crippen LogP contribution in [-0.4, -0.2) is 30.4 Å². The lowest BCUT2D eigenvalue weighted by atomic mass is 9.82.